The topological polar surface area (TPSA) is 40.6 Å². The SMILES string of the molecule is c1ccc([Si](c2ccccc2)(c2ccccc2)c2cc(-n3c4ccccc4c4ccccc43)nc(-n3c4ccccc4c4cc(-n5c6ccccc6c6ccccc65)ccc43)n2)cc1. The van der Waals surface area contributed by atoms with E-state index in [1.165, 1.54) is 48.1 Å². The highest BCUT2D eigenvalue weighted by Gasteiger charge is 2.44. The van der Waals surface area contributed by atoms with Gasteiger partial charge in [0.05, 0.1) is 33.1 Å². The first-order valence-corrected chi connectivity index (χ1v) is 23.8. The van der Waals surface area contributed by atoms with Crippen LogP contribution in [0.1, 0.15) is 0 Å². The van der Waals surface area contributed by atoms with Gasteiger partial charge in [-0.2, -0.15) is 4.98 Å². The molecule has 0 radical (unpaired) electrons. The van der Waals surface area contributed by atoms with Crippen LogP contribution >= 0.6 is 0 Å². The second kappa shape index (κ2) is 14.4. The largest absolute Gasteiger partial charge is 0.309 e. The monoisotopic (exact) mass is 833 g/mol. The molecule has 13 aromatic rings. The fraction of sp³-hybridized carbons (Fsp3) is 0. The molecule has 0 fully saturated rings. The van der Waals surface area contributed by atoms with Crippen molar-refractivity contribution < 1.29 is 0 Å². The Morgan fingerprint density at radius 2 is 0.641 bits per heavy atom. The van der Waals surface area contributed by atoms with Crippen molar-refractivity contribution in [2.75, 3.05) is 0 Å². The number of aromatic nitrogens is 5. The van der Waals surface area contributed by atoms with E-state index in [9.17, 15) is 0 Å². The first kappa shape index (κ1) is 36.3. The Hall–Kier alpha value is -8.32. The van der Waals surface area contributed by atoms with Gasteiger partial charge in [-0.1, -0.05) is 182 Å². The van der Waals surface area contributed by atoms with Crippen LogP contribution in [-0.4, -0.2) is 31.7 Å². The van der Waals surface area contributed by atoms with Crippen LogP contribution in [0.25, 0.3) is 82.9 Å². The van der Waals surface area contributed by atoms with E-state index in [2.05, 4.69) is 250 Å². The third-order valence-corrected chi connectivity index (χ3v) is 17.8. The van der Waals surface area contributed by atoms with Gasteiger partial charge >= 0.3 is 0 Å². The van der Waals surface area contributed by atoms with Crippen LogP contribution in [0.4, 0.5) is 0 Å². The maximum absolute atomic E-state index is 5.90. The van der Waals surface area contributed by atoms with Gasteiger partial charge in [-0.05, 0) is 70.2 Å². The summed E-state index contributed by atoms with van der Waals surface area (Å²) >= 11 is 0. The van der Waals surface area contributed by atoms with Gasteiger partial charge in [0.15, 0.2) is 0 Å². The lowest BCUT2D eigenvalue weighted by molar-refractivity contribution is 0.958. The van der Waals surface area contributed by atoms with Gasteiger partial charge in [0.25, 0.3) is 0 Å². The normalized spacial score (nSPS) is 12.1. The molecule has 5 nitrogen and oxygen atoms in total. The zero-order valence-corrected chi connectivity index (χ0v) is 35.8. The van der Waals surface area contributed by atoms with E-state index >= 15 is 0 Å². The Morgan fingerprint density at radius 3 is 1.09 bits per heavy atom. The van der Waals surface area contributed by atoms with Crippen molar-refractivity contribution >= 4 is 94.4 Å². The molecule has 0 spiro atoms. The van der Waals surface area contributed by atoms with Crippen molar-refractivity contribution in [3.8, 4) is 17.5 Å². The molecule has 0 amide bonds. The summed E-state index contributed by atoms with van der Waals surface area (Å²) in [5.74, 6) is 1.45. The van der Waals surface area contributed by atoms with Crippen LogP contribution in [0.15, 0.2) is 237 Å². The molecule has 6 heteroatoms. The number of hydrogen-bond donors (Lipinski definition) is 0. The average Bonchev–Trinajstić information content (AvgIpc) is 4.01. The van der Waals surface area contributed by atoms with Crippen molar-refractivity contribution in [1.82, 2.24) is 23.7 Å². The summed E-state index contributed by atoms with van der Waals surface area (Å²) < 4.78 is 7.03. The zero-order chi connectivity index (χ0) is 42.2. The van der Waals surface area contributed by atoms with Gasteiger partial charge in [-0.3, -0.25) is 9.13 Å². The molecule has 0 aliphatic carbocycles. The average molecular weight is 834 g/mol. The Balaban J connectivity index is 1.16. The molecule has 13 rings (SSSR count). The molecule has 0 N–H and O–H groups in total. The molecule has 9 aromatic carbocycles. The quantitative estimate of drug-likeness (QED) is 0.119. The van der Waals surface area contributed by atoms with Crippen molar-refractivity contribution in [3.05, 3.63) is 237 Å². The fourth-order valence-corrected chi connectivity index (χ4v) is 15.1. The summed E-state index contributed by atoms with van der Waals surface area (Å²) in [6, 6.07) is 85.7. The molecule has 300 valence electrons. The molecule has 0 atom stereocenters. The van der Waals surface area contributed by atoms with Crippen LogP contribution in [0, 0.1) is 0 Å². The summed E-state index contributed by atoms with van der Waals surface area (Å²) in [4.78, 5) is 11.6. The maximum atomic E-state index is 5.90. The highest BCUT2D eigenvalue weighted by Crippen LogP contribution is 2.37. The van der Waals surface area contributed by atoms with E-state index in [0.29, 0.717) is 5.95 Å². The molecule has 64 heavy (non-hydrogen) atoms. The summed E-state index contributed by atoms with van der Waals surface area (Å²) in [6.07, 6.45) is 0. The smallest absolute Gasteiger partial charge is 0.236 e. The van der Waals surface area contributed by atoms with E-state index in [0.717, 1.165) is 49.7 Å². The molecular formula is C58H39N5Si. The molecular weight excluding hydrogens is 795 g/mol. The van der Waals surface area contributed by atoms with Crippen LogP contribution in [-0.2, 0) is 0 Å². The number of benzene rings is 9. The molecule has 0 unspecified atom stereocenters. The molecule has 4 heterocycles. The van der Waals surface area contributed by atoms with E-state index in [1.54, 1.807) is 0 Å². The first-order chi connectivity index (χ1) is 31.8. The Morgan fingerprint density at radius 1 is 0.281 bits per heavy atom. The standard InChI is InChI=1S/C58H39N5Si/c1-4-20-41(21-5-1)64(42-22-6-2-7-23-42,43-24-8-3-9-25-43)57-39-56(62-52-33-17-12-28-46(52)47-29-13-18-34-53(47)62)59-58(60-57)63-54-35-19-14-30-48(54)49-38-40(36-37-55(49)63)61-50-31-15-10-26-44(50)45-27-11-16-32-51(45)61/h1-39H. The van der Waals surface area contributed by atoms with Crippen LogP contribution in [0.2, 0.25) is 0 Å². The van der Waals surface area contributed by atoms with Crippen molar-refractivity contribution in [2.45, 2.75) is 0 Å². The van der Waals surface area contributed by atoms with Crippen molar-refractivity contribution in [1.29, 1.82) is 0 Å². The zero-order valence-electron chi connectivity index (χ0n) is 34.8. The minimum absolute atomic E-state index is 0.629. The highest BCUT2D eigenvalue weighted by molar-refractivity contribution is 7.19. The predicted octanol–water partition coefficient (Wildman–Crippen LogP) is 11.1. The third-order valence-electron chi connectivity index (χ3n) is 13.2. The minimum Gasteiger partial charge on any atom is -0.309 e. The molecule has 4 aromatic heterocycles. The Kier molecular flexibility index (Phi) is 8.16. The van der Waals surface area contributed by atoms with Crippen LogP contribution in [0.5, 0.6) is 0 Å². The van der Waals surface area contributed by atoms with Gasteiger partial charge < -0.3 is 4.57 Å². The lowest BCUT2D eigenvalue weighted by atomic mass is 10.1. The summed E-state index contributed by atoms with van der Waals surface area (Å²) in [7, 11) is -3.14. The number of para-hydroxylation sites is 5. The molecule has 0 bridgehead atoms. The maximum Gasteiger partial charge on any atom is 0.236 e. The second-order valence-electron chi connectivity index (χ2n) is 16.6. The lowest BCUT2D eigenvalue weighted by Crippen LogP contribution is -2.75. The Bertz CT molecular complexity index is 3700. The van der Waals surface area contributed by atoms with Crippen molar-refractivity contribution in [2.24, 2.45) is 0 Å². The third kappa shape index (κ3) is 5.30. The molecule has 0 aliphatic rings. The van der Waals surface area contributed by atoms with Gasteiger partial charge in [0.1, 0.15) is 5.82 Å². The molecule has 0 saturated heterocycles. The van der Waals surface area contributed by atoms with E-state index in [1.807, 2.05) is 0 Å². The van der Waals surface area contributed by atoms with Gasteiger partial charge in [0.2, 0.25) is 14.0 Å². The number of hydrogen-bond acceptors (Lipinski definition) is 2. The summed E-state index contributed by atoms with van der Waals surface area (Å²) in [5, 5.41) is 11.9. The molecule has 0 saturated carbocycles. The van der Waals surface area contributed by atoms with Gasteiger partial charge in [0, 0.05) is 43.3 Å². The van der Waals surface area contributed by atoms with Gasteiger partial charge in [-0.25, -0.2) is 4.98 Å². The Labute approximate surface area is 370 Å². The van der Waals surface area contributed by atoms with Crippen molar-refractivity contribution in [3.63, 3.8) is 0 Å². The summed E-state index contributed by atoms with van der Waals surface area (Å²) in [6.45, 7) is 0. The molecule has 0 aliphatic heterocycles. The van der Waals surface area contributed by atoms with Gasteiger partial charge in [-0.15, -0.1) is 0 Å². The summed E-state index contributed by atoms with van der Waals surface area (Å²) in [5.41, 5.74) is 7.77. The number of nitrogens with zero attached hydrogens (tertiary/aromatic N) is 5. The lowest BCUT2D eigenvalue weighted by Gasteiger charge is -2.33. The van der Waals surface area contributed by atoms with Crippen LogP contribution in [0.3, 0.4) is 0 Å². The minimum atomic E-state index is -3.14. The van der Waals surface area contributed by atoms with Crippen LogP contribution < -0.4 is 20.9 Å². The second-order valence-corrected chi connectivity index (χ2v) is 20.3. The first-order valence-electron chi connectivity index (χ1n) is 21.8. The number of fused-ring (bicyclic) bond motifs is 9. The highest BCUT2D eigenvalue weighted by atomic mass is 28.3. The van der Waals surface area contributed by atoms with E-state index < -0.39 is 8.07 Å². The predicted molar refractivity (Wildman–Crippen MR) is 269 cm³/mol. The van der Waals surface area contributed by atoms with E-state index in [-0.39, 0.29) is 0 Å². The fourth-order valence-electron chi connectivity index (χ4n) is 10.5. The number of rotatable bonds is 7. The van der Waals surface area contributed by atoms with E-state index in [4.69, 9.17) is 9.97 Å².